The summed E-state index contributed by atoms with van der Waals surface area (Å²) in [7, 11) is 0. The van der Waals surface area contributed by atoms with Crippen molar-refractivity contribution in [3.05, 3.63) is 0 Å². The summed E-state index contributed by atoms with van der Waals surface area (Å²) in [5, 5.41) is 2.48. The monoisotopic (exact) mass is 145 g/mol. The topological polar surface area (TPSA) is 55.4 Å². The minimum atomic E-state index is -0.328. The molecule has 0 aliphatic carbocycles. The third-order valence-corrected chi connectivity index (χ3v) is 0.781. The lowest BCUT2D eigenvalue weighted by atomic mass is 10.6. The molecule has 0 radical (unpaired) electrons. The first-order valence-electron chi connectivity index (χ1n) is 3.00. The van der Waals surface area contributed by atoms with Gasteiger partial charge < -0.3 is 10.1 Å². The van der Waals surface area contributed by atoms with Crippen molar-refractivity contribution in [2.24, 2.45) is 0 Å². The minimum Gasteiger partial charge on any atom is -0.464 e. The van der Waals surface area contributed by atoms with Gasteiger partial charge in [-0.1, -0.05) is 0 Å². The van der Waals surface area contributed by atoms with E-state index in [-0.39, 0.29) is 18.5 Å². The average molecular weight is 145 g/mol. The quantitative estimate of drug-likeness (QED) is 0.437. The van der Waals surface area contributed by atoms with Gasteiger partial charge in [-0.05, 0) is 0 Å². The number of esters is 1. The van der Waals surface area contributed by atoms with Gasteiger partial charge in [0.1, 0.15) is 6.61 Å². The highest BCUT2D eigenvalue weighted by Crippen LogP contribution is 1.73. The van der Waals surface area contributed by atoms with Crippen molar-refractivity contribution in [2.45, 2.75) is 13.8 Å². The Morgan fingerprint density at radius 3 is 2.40 bits per heavy atom. The van der Waals surface area contributed by atoms with Crippen LogP contribution in [-0.2, 0) is 14.3 Å². The molecule has 4 heteroatoms. The van der Waals surface area contributed by atoms with Crippen molar-refractivity contribution >= 4 is 11.9 Å². The second-order valence-corrected chi connectivity index (χ2v) is 1.82. The highest BCUT2D eigenvalue weighted by molar-refractivity contribution is 5.72. The second kappa shape index (κ2) is 4.78. The van der Waals surface area contributed by atoms with Gasteiger partial charge in [0.05, 0.1) is 6.54 Å². The number of nitrogens with one attached hydrogen (secondary N) is 1. The molecule has 4 nitrogen and oxygen atoms in total. The first-order chi connectivity index (χ1) is 4.63. The Hall–Kier alpha value is -1.06. The van der Waals surface area contributed by atoms with Crippen molar-refractivity contribution < 1.29 is 14.3 Å². The molecule has 0 bridgehead atoms. The third kappa shape index (κ3) is 6.94. The van der Waals surface area contributed by atoms with Crippen molar-refractivity contribution in [1.82, 2.24) is 5.32 Å². The number of amides is 1. The Kier molecular flexibility index (Phi) is 4.28. The molecule has 0 aromatic heterocycles. The van der Waals surface area contributed by atoms with Crippen LogP contribution in [0.5, 0.6) is 0 Å². The van der Waals surface area contributed by atoms with Gasteiger partial charge in [0, 0.05) is 13.8 Å². The molecule has 0 aliphatic heterocycles. The van der Waals surface area contributed by atoms with Crippen LogP contribution in [0.1, 0.15) is 13.8 Å². The zero-order chi connectivity index (χ0) is 7.98. The van der Waals surface area contributed by atoms with E-state index in [2.05, 4.69) is 10.1 Å². The Morgan fingerprint density at radius 2 is 2.00 bits per heavy atom. The molecule has 0 saturated heterocycles. The van der Waals surface area contributed by atoms with E-state index in [1.807, 2.05) is 0 Å². The van der Waals surface area contributed by atoms with Crippen molar-refractivity contribution in [3.8, 4) is 0 Å². The maximum Gasteiger partial charge on any atom is 0.302 e. The number of rotatable bonds is 3. The van der Waals surface area contributed by atoms with E-state index in [0.717, 1.165) is 0 Å². The molecule has 1 N–H and O–H groups in total. The van der Waals surface area contributed by atoms with Gasteiger partial charge in [-0.15, -0.1) is 0 Å². The number of ether oxygens (including phenoxy) is 1. The van der Waals surface area contributed by atoms with Crippen LogP contribution in [0.25, 0.3) is 0 Å². The lowest BCUT2D eigenvalue weighted by molar-refractivity contribution is -0.141. The van der Waals surface area contributed by atoms with Crippen LogP contribution >= 0.6 is 0 Å². The van der Waals surface area contributed by atoms with Gasteiger partial charge in [-0.25, -0.2) is 0 Å². The Labute approximate surface area is 59.6 Å². The highest BCUT2D eigenvalue weighted by Gasteiger charge is 1.92. The molecule has 58 valence electrons. The van der Waals surface area contributed by atoms with Crippen LogP contribution in [0.4, 0.5) is 0 Å². The normalized spacial score (nSPS) is 8.60. The fourth-order valence-electron chi connectivity index (χ4n) is 0.422. The van der Waals surface area contributed by atoms with E-state index in [1.165, 1.54) is 13.8 Å². The molecule has 0 aliphatic rings. The van der Waals surface area contributed by atoms with Crippen LogP contribution in [0, 0.1) is 0 Å². The number of hydrogen-bond donors (Lipinski definition) is 1. The summed E-state index contributed by atoms with van der Waals surface area (Å²) in [6.45, 7) is 3.37. The van der Waals surface area contributed by atoms with Crippen LogP contribution in [0.2, 0.25) is 0 Å². The fraction of sp³-hybridized carbons (Fsp3) is 0.667. The average Bonchev–Trinajstić information content (AvgIpc) is 1.79. The van der Waals surface area contributed by atoms with Crippen LogP contribution in [0.15, 0.2) is 0 Å². The van der Waals surface area contributed by atoms with Crippen molar-refractivity contribution in [3.63, 3.8) is 0 Å². The van der Waals surface area contributed by atoms with Crippen molar-refractivity contribution in [2.75, 3.05) is 13.2 Å². The summed E-state index contributed by atoms with van der Waals surface area (Å²) in [6, 6.07) is 0. The number of hydrogen-bond acceptors (Lipinski definition) is 3. The van der Waals surface area contributed by atoms with Crippen LogP contribution < -0.4 is 5.32 Å². The van der Waals surface area contributed by atoms with E-state index < -0.39 is 0 Å². The summed E-state index contributed by atoms with van der Waals surface area (Å²) in [4.78, 5) is 20.4. The van der Waals surface area contributed by atoms with Crippen LogP contribution in [-0.4, -0.2) is 25.0 Å². The maximum absolute atomic E-state index is 10.2. The molecule has 0 heterocycles. The predicted molar refractivity (Wildman–Crippen MR) is 35.3 cm³/mol. The van der Waals surface area contributed by atoms with Gasteiger partial charge in [0.2, 0.25) is 5.91 Å². The third-order valence-electron chi connectivity index (χ3n) is 0.781. The van der Waals surface area contributed by atoms with Gasteiger partial charge in [0.15, 0.2) is 0 Å². The first-order valence-corrected chi connectivity index (χ1v) is 3.00. The fourth-order valence-corrected chi connectivity index (χ4v) is 0.422. The summed E-state index contributed by atoms with van der Waals surface area (Å²) >= 11 is 0. The second-order valence-electron chi connectivity index (χ2n) is 1.82. The SMILES string of the molecule is CC(=O)NCCOC(C)=O. The number of carbonyl (C=O) groups is 2. The van der Waals surface area contributed by atoms with E-state index in [9.17, 15) is 9.59 Å². The first kappa shape index (κ1) is 8.94. The molecule has 0 aromatic carbocycles. The molecule has 0 rings (SSSR count). The molecule has 0 fully saturated rings. The van der Waals surface area contributed by atoms with Gasteiger partial charge in [-0.2, -0.15) is 0 Å². The molecule has 0 saturated carbocycles. The highest BCUT2D eigenvalue weighted by atomic mass is 16.5. The number of carbonyl (C=O) groups excluding carboxylic acids is 2. The Morgan fingerprint density at radius 1 is 1.40 bits per heavy atom. The van der Waals surface area contributed by atoms with Gasteiger partial charge >= 0.3 is 5.97 Å². The maximum atomic E-state index is 10.2. The minimum absolute atomic E-state index is 0.118. The zero-order valence-electron chi connectivity index (χ0n) is 6.14. The smallest absolute Gasteiger partial charge is 0.302 e. The van der Waals surface area contributed by atoms with Crippen molar-refractivity contribution in [1.29, 1.82) is 0 Å². The molecule has 10 heavy (non-hydrogen) atoms. The molecule has 0 unspecified atom stereocenters. The lowest BCUT2D eigenvalue weighted by Crippen LogP contribution is -2.24. The van der Waals surface area contributed by atoms with Crippen LogP contribution in [0.3, 0.4) is 0 Å². The molecule has 1 amide bonds. The molecule has 0 aromatic rings. The van der Waals surface area contributed by atoms with E-state index in [4.69, 9.17) is 0 Å². The lowest BCUT2D eigenvalue weighted by Gasteiger charge is -2.00. The van der Waals surface area contributed by atoms with Gasteiger partial charge in [0.25, 0.3) is 0 Å². The van der Waals surface area contributed by atoms with E-state index >= 15 is 0 Å². The standard InChI is InChI=1S/C6H11NO3/c1-5(8)7-3-4-10-6(2)9/h3-4H2,1-2H3,(H,7,8). The molecular weight excluding hydrogens is 134 g/mol. The van der Waals surface area contributed by atoms with E-state index in [0.29, 0.717) is 6.54 Å². The molecule has 0 atom stereocenters. The van der Waals surface area contributed by atoms with Gasteiger partial charge in [-0.3, -0.25) is 9.59 Å². The zero-order valence-corrected chi connectivity index (χ0v) is 6.14. The Balaban J connectivity index is 3.06. The summed E-state index contributed by atoms with van der Waals surface area (Å²) in [5.41, 5.74) is 0. The summed E-state index contributed by atoms with van der Waals surface area (Å²) in [6.07, 6.45) is 0. The largest absolute Gasteiger partial charge is 0.464 e. The Bertz CT molecular complexity index is 117. The predicted octanol–water partition coefficient (Wildman–Crippen LogP) is -0.314. The summed E-state index contributed by atoms with van der Waals surface area (Å²) in [5.74, 6) is -0.447. The molecular formula is C6H11NO3. The van der Waals surface area contributed by atoms with E-state index in [1.54, 1.807) is 0 Å². The molecule has 0 spiro atoms. The summed E-state index contributed by atoms with van der Waals surface area (Å²) < 4.78 is 4.54.